The zero-order chi connectivity index (χ0) is 21.1. The minimum Gasteiger partial charge on any atom is -0.494 e. The Labute approximate surface area is 177 Å². The highest BCUT2D eigenvalue weighted by Crippen LogP contribution is 2.52. The molecular formula is C23H30N4O3. The van der Waals surface area contributed by atoms with Crippen molar-refractivity contribution in [2.24, 2.45) is 28.7 Å². The molecule has 2 bridgehead atoms. The van der Waals surface area contributed by atoms with E-state index in [-0.39, 0.29) is 35.5 Å². The van der Waals surface area contributed by atoms with E-state index in [1.54, 1.807) is 7.05 Å². The Morgan fingerprint density at radius 1 is 1.07 bits per heavy atom. The van der Waals surface area contributed by atoms with Crippen molar-refractivity contribution in [3.05, 3.63) is 42.0 Å². The minimum absolute atomic E-state index is 0.000138. The molecule has 1 heterocycles. The second-order valence-electron chi connectivity index (χ2n) is 8.27. The van der Waals surface area contributed by atoms with Gasteiger partial charge in [-0.2, -0.15) is 0 Å². The first kappa shape index (κ1) is 20.4. The maximum atomic E-state index is 12.7. The molecular weight excluding hydrogens is 380 g/mol. The van der Waals surface area contributed by atoms with Crippen LogP contribution in [0.5, 0.6) is 5.75 Å². The summed E-state index contributed by atoms with van der Waals surface area (Å²) in [5, 5.41) is 6.43. The molecule has 3 aliphatic rings. The Hall–Kier alpha value is -2.83. The largest absolute Gasteiger partial charge is 0.494 e. The third-order valence-corrected chi connectivity index (χ3v) is 6.32. The summed E-state index contributed by atoms with van der Waals surface area (Å²) >= 11 is 0. The van der Waals surface area contributed by atoms with Crippen LogP contribution in [0.1, 0.15) is 18.4 Å². The number of carbonyl (C=O) groups excluding carboxylic acids is 2. The summed E-state index contributed by atoms with van der Waals surface area (Å²) in [6, 6.07) is 8.01. The first-order valence-corrected chi connectivity index (χ1v) is 10.8. The van der Waals surface area contributed by atoms with Gasteiger partial charge in [0.2, 0.25) is 11.8 Å². The van der Waals surface area contributed by atoms with Gasteiger partial charge < -0.3 is 15.4 Å². The predicted octanol–water partition coefficient (Wildman–Crippen LogP) is 1.74. The molecule has 0 aromatic heterocycles. The van der Waals surface area contributed by atoms with Gasteiger partial charge >= 0.3 is 0 Å². The summed E-state index contributed by atoms with van der Waals surface area (Å²) in [6.07, 6.45) is 6.03. The van der Waals surface area contributed by atoms with Crippen LogP contribution >= 0.6 is 0 Å². The van der Waals surface area contributed by atoms with Crippen LogP contribution < -0.4 is 15.4 Å². The summed E-state index contributed by atoms with van der Waals surface area (Å²) < 4.78 is 5.72. The molecule has 4 unspecified atom stereocenters. The lowest BCUT2D eigenvalue weighted by molar-refractivity contribution is -0.140. The van der Waals surface area contributed by atoms with Crippen LogP contribution in [-0.4, -0.2) is 56.0 Å². The smallest absolute Gasteiger partial charge is 0.233 e. The SMILES string of the molecule is CN=C(NCCCOc1ccc(C)cc1)NCCN1C(=O)C2C3C=CC(C3)C2C1=O. The van der Waals surface area contributed by atoms with Gasteiger partial charge in [-0.15, -0.1) is 0 Å². The van der Waals surface area contributed by atoms with Gasteiger partial charge in [0.15, 0.2) is 5.96 Å². The summed E-state index contributed by atoms with van der Waals surface area (Å²) in [6.45, 7) is 4.24. The Kier molecular flexibility index (Phi) is 6.06. The molecule has 30 heavy (non-hydrogen) atoms. The molecule has 0 spiro atoms. The highest BCUT2D eigenvalue weighted by molar-refractivity contribution is 6.06. The molecule has 1 saturated heterocycles. The average molecular weight is 411 g/mol. The maximum absolute atomic E-state index is 12.7. The summed E-state index contributed by atoms with van der Waals surface area (Å²) in [4.78, 5) is 31.0. The van der Waals surface area contributed by atoms with Crippen molar-refractivity contribution < 1.29 is 14.3 Å². The van der Waals surface area contributed by atoms with Crippen molar-refractivity contribution in [3.8, 4) is 5.75 Å². The quantitative estimate of drug-likeness (QED) is 0.224. The Morgan fingerprint density at radius 2 is 1.70 bits per heavy atom. The lowest BCUT2D eigenvalue weighted by Crippen LogP contribution is -2.44. The van der Waals surface area contributed by atoms with E-state index in [1.165, 1.54) is 10.5 Å². The third kappa shape index (κ3) is 4.06. The molecule has 160 valence electrons. The fraction of sp³-hybridized carbons (Fsp3) is 0.522. The van der Waals surface area contributed by atoms with Crippen molar-refractivity contribution >= 4 is 17.8 Å². The van der Waals surface area contributed by atoms with E-state index in [9.17, 15) is 9.59 Å². The Bertz CT molecular complexity index is 819. The Balaban J connectivity index is 1.14. The molecule has 1 aliphatic heterocycles. The second-order valence-corrected chi connectivity index (χ2v) is 8.27. The molecule has 2 fully saturated rings. The number of allylic oxidation sites excluding steroid dienone is 2. The van der Waals surface area contributed by atoms with Gasteiger partial charge in [-0.3, -0.25) is 19.5 Å². The van der Waals surface area contributed by atoms with Crippen molar-refractivity contribution in [1.82, 2.24) is 15.5 Å². The highest BCUT2D eigenvalue weighted by Gasteiger charge is 2.58. The van der Waals surface area contributed by atoms with Crippen LogP contribution in [0.2, 0.25) is 0 Å². The van der Waals surface area contributed by atoms with Crippen LogP contribution in [0.25, 0.3) is 0 Å². The van der Waals surface area contributed by atoms with Crippen LogP contribution in [0, 0.1) is 30.6 Å². The van der Waals surface area contributed by atoms with Gasteiger partial charge in [0.1, 0.15) is 5.75 Å². The summed E-state index contributed by atoms with van der Waals surface area (Å²) in [7, 11) is 1.71. The van der Waals surface area contributed by atoms with Gasteiger partial charge in [0.05, 0.1) is 18.4 Å². The number of hydrogen-bond acceptors (Lipinski definition) is 4. The van der Waals surface area contributed by atoms with Crippen molar-refractivity contribution in [3.63, 3.8) is 0 Å². The van der Waals surface area contributed by atoms with Gasteiger partial charge in [-0.25, -0.2) is 0 Å². The first-order valence-electron chi connectivity index (χ1n) is 10.8. The van der Waals surface area contributed by atoms with Crippen LogP contribution in [0.4, 0.5) is 0 Å². The number of benzene rings is 1. The second kappa shape index (κ2) is 8.90. The number of likely N-dealkylation sites (tertiary alicyclic amines) is 1. The molecule has 2 N–H and O–H groups in total. The summed E-state index contributed by atoms with van der Waals surface area (Å²) in [5.74, 6) is 1.79. The molecule has 1 aromatic carbocycles. The van der Waals surface area contributed by atoms with E-state index in [4.69, 9.17) is 4.74 Å². The number of fused-ring (bicyclic) bond motifs is 5. The monoisotopic (exact) mass is 410 g/mol. The number of amides is 2. The zero-order valence-corrected chi connectivity index (χ0v) is 17.6. The summed E-state index contributed by atoms with van der Waals surface area (Å²) in [5.41, 5.74) is 1.21. The van der Waals surface area contributed by atoms with E-state index in [2.05, 4.69) is 34.7 Å². The number of imide groups is 1. The number of aliphatic imine (C=N–C) groups is 1. The minimum atomic E-state index is -0.126. The first-order chi connectivity index (χ1) is 14.6. The number of ether oxygens (including phenoxy) is 1. The molecule has 7 nitrogen and oxygen atoms in total. The molecule has 4 atom stereocenters. The van der Waals surface area contributed by atoms with E-state index in [0.717, 1.165) is 18.6 Å². The molecule has 4 rings (SSSR count). The topological polar surface area (TPSA) is 83.0 Å². The molecule has 1 saturated carbocycles. The highest BCUT2D eigenvalue weighted by atomic mass is 16.5. The number of rotatable bonds is 8. The molecule has 1 aromatic rings. The molecule has 7 heteroatoms. The lowest BCUT2D eigenvalue weighted by Gasteiger charge is -2.18. The Morgan fingerprint density at radius 3 is 2.33 bits per heavy atom. The molecule has 2 amide bonds. The van der Waals surface area contributed by atoms with Crippen molar-refractivity contribution in [2.45, 2.75) is 19.8 Å². The fourth-order valence-electron chi connectivity index (χ4n) is 4.79. The number of aryl methyl sites for hydroxylation is 1. The van der Waals surface area contributed by atoms with Crippen molar-refractivity contribution in [1.29, 1.82) is 0 Å². The normalized spacial score (nSPS) is 27.0. The number of carbonyl (C=O) groups is 2. The van der Waals surface area contributed by atoms with E-state index in [0.29, 0.717) is 32.2 Å². The zero-order valence-electron chi connectivity index (χ0n) is 17.6. The standard InChI is InChI=1S/C23H30N4O3/c1-15-4-8-18(9-5-15)30-13-3-10-25-23(24-2)26-11-12-27-21(28)19-16-6-7-17(14-16)20(19)22(27)29/h4-9,16-17,19-20H,3,10-14H2,1-2H3,(H2,24,25,26). The van der Waals surface area contributed by atoms with Crippen LogP contribution in [0.3, 0.4) is 0 Å². The van der Waals surface area contributed by atoms with Crippen molar-refractivity contribution in [2.75, 3.05) is 33.3 Å². The van der Waals surface area contributed by atoms with E-state index < -0.39 is 0 Å². The van der Waals surface area contributed by atoms with E-state index >= 15 is 0 Å². The van der Waals surface area contributed by atoms with Gasteiger partial charge in [0.25, 0.3) is 0 Å². The predicted molar refractivity (Wildman–Crippen MR) is 115 cm³/mol. The van der Waals surface area contributed by atoms with Gasteiger partial charge in [0, 0.05) is 26.7 Å². The number of nitrogens with one attached hydrogen (secondary N) is 2. The molecule has 0 radical (unpaired) electrons. The van der Waals surface area contributed by atoms with Crippen LogP contribution in [0.15, 0.2) is 41.4 Å². The average Bonchev–Trinajstić information content (AvgIpc) is 3.43. The number of guanidine groups is 1. The van der Waals surface area contributed by atoms with Gasteiger partial charge in [-0.05, 0) is 43.7 Å². The fourth-order valence-corrected chi connectivity index (χ4v) is 4.79. The number of hydrogen-bond donors (Lipinski definition) is 2. The van der Waals surface area contributed by atoms with E-state index in [1.807, 2.05) is 24.3 Å². The molecule has 2 aliphatic carbocycles. The third-order valence-electron chi connectivity index (χ3n) is 6.32. The number of nitrogens with zero attached hydrogens (tertiary/aromatic N) is 2. The lowest BCUT2D eigenvalue weighted by atomic mass is 9.85. The maximum Gasteiger partial charge on any atom is 0.233 e. The van der Waals surface area contributed by atoms with Gasteiger partial charge in [-0.1, -0.05) is 29.8 Å². The van der Waals surface area contributed by atoms with Crippen LogP contribution in [-0.2, 0) is 9.59 Å².